The number of pyridine rings is 1. The van der Waals surface area contributed by atoms with E-state index in [1.54, 1.807) is 0 Å². The SMILES string of the molecule is CC(CNc1ncc(C(F)(F)F)cc1Cl)CN1CCCC1. The van der Waals surface area contributed by atoms with Crippen molar-refractivity contribution in [1.29, 1.82) is 0 Å². The highest BCUT2D eigenvalue weighted by Crippen LogP contribution is 2.32. The fraction of sp³-hybridized carbons (Fsp3) is 0.643. The third-order valence-corrected chi connectivity index (χ3v) is 3.84. The van der Waals surface area contributed by atoms with Crippen LogP contribution in [0.3, 0.4) is 0 Å². The van der Waals surface area contributed by atoms with Crippen LogP contribution in [0.2, 0.25) is 5.02 Å². The minimum absolute atomic E-state index is 0.00167. The minimum atomic E-state index is -4.42. The first-order chi connectivity index (χ1) is 9.86. The maximum Gasteiger partial charge on any atom is 0.417 e. The molecule has 1 aromatic heterocycles. The van der Waals surface area contributed by atoms with Crippen molar-refractivity contribution >= 4 is 17.4 Å². The highest BCUT2D eigenvalue weighted by Gasteiger charge is 2.31. The van der Waals surface area contributed by atoms with Crippen molar-refractivity contribution in [2.75, 3.05) is 31.5 Å². The summed E-state index contributed by atoms with van der Waals surface area (Å²) in [5.41, 5.74) is -0.830. The van der Waals surface area contributed by atoms with E-state index in [1.165, 1.54) is 12.8 Å². The van der Waals surface area contributed by atoms with E-state index in [-0.39, 0.29) is 5.02 Å². The molecule has 0 aromatic carbocycles. The molecule has 3 nitrogen and oxygen atoms in total. The standard InChI is InChI=1S/C14H19ClF3N3/c1-10(9-21-4-2-3-5-21)7-19-13-12(15)6-11(8-20-13)14(16,17)18/h6,8,10H,2-5,7,9H2,1H3,(H,19,20). The predicted molar refractivity (Wildman–Crippen MR) is 77.6 cm³/mol. The zero-order valence-corrected chi connectivity index (χ0v) is 12.6. The number of nitrogens with one attached hydrogen (secondary N) is 1. The van der Waals surface area contributed by atoms with Gasteiger partial charge in [0.25, 0.3) is 0 Å². The molecule has 1 aromatic rings. The van der Waals surface area contributed by atoms with Gasteiger partial charge in [0, 0.05) is 19.3 Å². The average molecular weight is 322 g/mol. The second-order valence-electron chi connectivity index (χ2n) is 5.55. The Kier molecular flexibility index (Phi) is 5.32. The second kappa shape index (κ2) is 6.83. The summed E-state index contributed by atoms with van der Waals surface area (Å²) in [6.07, 6.45) is -1.13. The number of alkyl halides is 3. The van der Waals surface area contributed by atoms with Crippen molar-refractivity contribution in [3.63, 3.8) is 0 Å². The molecule has 1 unspecified atom stereocenters. The van der Waals surface area contributed by atoms with Gasteiger partial charge in [-0.1, -0.05) is 18.5 Å². The van der Waals surface area contributed by atoms with Crippen LogP contribution in [0.25, 0.3) is 0 Å². The molecule has 0 radical (unpaired) electrons. The van der Waals surface area contributed by atoms with Crippen LogP contribution < -0.4 is 5.32 Å². The van der Waals surface area contributed by atoms with Crippen LogP contribution in [0.5, 0.6) is 0 Å². The van der Waals surface area contributed by atoms with E-state index >= 15 is 0 Å². The molecule has 1 aliphatic heterocycles. The molecule has 21 heavy (non-hydrogen) atoms. The Balaban J connectivity index is 1.87. The lowest BCUT2D eigenvalue weighted by Crippen LogP contribution is -2.29. The van der Waals surface area contributed by atoms with E-state index in [2.05, 4.69) is 22.1 Å². The zero-order chi connectivity index (χ0) is 15.5. The summed E-state index contributed by atoms with van der Waals surface area (Å²) < 4.78 is 37.5. The normalized spacial score (nSPS) is 18.0. The Hall–Kier alpha value is -1.01. The number of likely N-dealkylation sites (tertiary alicyclic amines) is 1. The lowest BCUT2D eigenvalue weighted by molar-refractivity contribution is -0.137. The van der Waals surface area contributed by atoms with Gasteiger partial charge >= 0.3 is 6.18 Å². The number of hydrogen-bond donors (Lipinski definition) is 1. The number of aromatic nitrogens is 1. The molecular formula is C14H19ClF3N3. The van der Waals surface area contributed by atoms with Gasteiger partial charge in [-0.3, -0.25) is 0 Å². The summed E-state index contributed by atoms with van der Waals surface area (Å²) >= 11 is 5.85. The summed E-state index contributed by atoms with van der Waals surface area (Å²) in [5, 5.41) is 3.03. The van der Waals surface area contributed by atoms with Crippen LogP contribution in [0.15, 0.2) is 12.3 Å². The molecule has 1 atom stereocenters. The topological polar surface area (TPSA) is 28.2 Å². The van der Waals surface area contributed by atoms with Gasteiger partial charge in [-0.2, -0.15) is 13.2 Å². The average Bonchev–Trinajstić information content (AvgIpc) is 2.89. The van der Waals surface area contributed by atoms with Gasteiger partial charge in [-0.05, 0) is 37.9 Å². The van der Waals surface area contributed by atoms with Gasteiger partial charge in [0.2, 0.25) is 0 Å². The highest BCUT2D eigenvalue weighted by molar-refractivity contribution is 6.32. The van der Waals surface area contributed by atoms with E-state index in [1.807, 2.05) is 0 Å². The quantitative estimate of drug-likeness (QED) is 0.891. The van der Waals surface area contributed by atoms with Crippen molar-refractivity contribution in [1.82, 2.24) is 9.88 Å². The zero-order valence-electron chi connectivity index (χ0n) is 11.9. The maximum atomic E-state index is 12.5. The van der Waals surface area contributed by atoms with Crippen molar-refractivity contribution in [2.45, 2.75) is 25.9 Å². The summed E-state index contributed by atoms with van der Waals surface area (Å²) in [7, 11) is 0. The van der Waals surface area contributed by atoms with Gasteiger partial charge in [-0.15, -0.1) is 0 Å². The summed E-state index contributed by atoms with van der Waals surface area (Å²) in [6.45, 7) is 5.97. The van der Waals surface area contributed by atoms with E-state index in [9.17, 15) is 13.2 Å². The molecule has 1 fully saturated rings. The van der Waals surface area contributed by atoms with Crippen molar-refractivity contribution in [3.05, 3.63) is 22.8 Å². The molecule has 0 spiro atoms. The fourth-order valence-corrected chi connectivity index (χ4v) is 2.70. The van der Waals surface area contributed by atoms with Gasteiger partial charge in [-0.25, -0.2) is 4.98 Å². The molecule has 2 rings (SSSR count). The Morgan fingerprint density at radius 1 is 1.38 bits per heavy atom. The lowest BCUT2D eigenvalue weighted by atomic mass is 10.1. The van der Waals surface area contributed by atoms with Crippen molar-refractivity contribution in [3.8, 4) is 0 Å². The fourth-order valence-electron chi connectivity index (χ4n) is 2.46. The van der Waals surface area contributed by atoms with E-state index in [0.29, 0.717) is 18.3 Å². The molecule has 7 heteroatoms. The third kappa shape index (κ3) is 4.74. The number of anilines is 1. The molecule has 0 bridgehead atoms. The number of rotatable bonds is 5. The van der Waals surface area contributed by atoms with E-state index < -0.39 is 11.7 Å². The molecule has 0 amide bonds. The molecule has 0 saturated carbocycles. The Morgan fingerprint density at radius 3 is 2.62 bits per heavy atom. The maximum absolute atomic E-state index is 12.5. The number of nitrogens with zero attached hydrogens (tertiary/aromatic N) is 2. The van der Waals surface area contributed by atoms with Crippen LogP contribution in [0.4, 0.5) is 19.0 Å². The Labute approximate surface area is 127 Å². The molecule has 1 saturated heterocycles. The smallest absolute Gasteiger partial charge is 0.369 e. The van der Waals surface area contributed by atoms with Crippen LogP contribution in [0, 0.1) is 5.92 Å². The minimum Gasteiger partial charge on any atom is -0.369 e. The first kappa shape index (κ1) is 16.4. The molecule has 0 aliphatic carbocycles. The van der Waals surface area contributed by atoms with Crippen LogP contribution in [0.1, 0.15) is 25.3 Å². The van der Waals surface area contributed by atoms with Gasteiger partial charge < -0.3 is 10.2 Å². The summed E-state index contributed by atoms with van der Waals surface area (Å²) in [6, 6.07) is 0.905. The Bertz CT molecular complexity index is 473. The van der Waals surface area contributed by atoms with Crippen LogP contribution >= 0.6 is 11.6 Å². The van der Waals surface area contributed by atoms with Gasteiger partial charge in [0.1, 0.15) is 5.82 Å². The highest BCUT2D eigenvalue weighted by atomic mass is 35.5. The summed E-state index contributed by atoms with van der Waals surface area (Å²) in [4.78, 5) is 6.17. The van der Waals surface area contributed by atoms with E-state index in [0.717, 1.165) is 31.9 Å². The second-order valence-corrected chi connectivity index (χ2v) is 5.95. The number of hydrogen-bond acceptors (Lipinski definition) is 3. The Morgan fingerprint density at radius 2 is 2.05 bits per heavy atom. The lowest BCUT2D eigenvalue weighted by Gasteiger charge is -2.21. The van der Waals surface area contributed by atoms with E-state index in [4.69, 9.17) is 11.6 Å². The van der Waals surface area contributed by atoms with Crippen molar-refractivity contribution < 1.29 is 13.2 Å². The first-order valence-electron chi connectivity index (χ1n) is 7.05. The van der Waals surface area contributed by atoms with Crippen LogP contribution in [-0.4, -0.2) is 36.1 Å². The molecule has 118 valence electrons. The third-order valence-electron chi connectivity index (χ3n) is 3.56. The molecule has 2 heterocycles. The largest absolute Gasteiger partial charge is 0.417 e. The predicted octanol–water partition coefficient (Wildman–Crippen LogP) is 3.90. The molecule has 1 N–H and O–H groups in total. The molecular weight excluding hydrogens is 303 g/mol. The number of halogens is 4. The van der Waals surface area contributed by atoms with Gasteiger partial charge in [0.05, 0.1) is 10.6 Å². The van der Waals surface area contributed by atoms with Crippen LogP contribution in [-0.2, 0) is 6.18 Å². The first-order valence-corrected chi connectivity index (χ1v) is 7.43. The molecule has 1 aliphatic rings. The van der Waals surface area contributed by atoms with Crippen molar-refractivity contribution in [2.24, 2.45) is 5.92 Å². The summed E-state index contributed by atoms with van der Waals surface area (Å²) in [5.74, 6) is 0.682. The van der Waals surface area contributed by atoms with Gasteiger partial charge in [0.15, 0.2) is 0 Å². The monoisotopic (exact) mass is 321 g/mol.